The number of pyridine rings is 2. The predicted molar refractivity (Wildman–Crippen MR) is 103 cm³/mol. The highest BCUT2D eigenvalue weighted by Gasteiger charge is 2.17. The molecular weight excluding hydrogens is 359 g/mol. The quantitative estimate of drug-likeness (QED) is 0.526. The van der Waals surface area contributed by atoms with Gasteiger partial charge >= 0.3 is 5.69 Å². The van der Waals surface area contributed by atoms with Gasteiger partial charge in [-0.1, -0.05) is 6.07 Å². The highest BCUT2D eigenvalue weighted by molar-refractivity contribution is 5.78. The first kappa shape index (κ1) is 16.4. The van der Waals surface area contributed by atoms with Crippen molar-refractivity contribution >= 4 is 22.2 Å². The van der Waals surface area contributed by atoms with Crippen LogP contribution in [0.15, 0.2) is 66.0 Å². The van der Waals surface area contributed by atoms with Crippen molar-refractivity contribution in [1.29, 1.82) is 0 Å². The second kappa shape index (κ2) is 6.12. The van der Waals surface area contributed by atoms with E-state index in [0.29, 0.717) is 28.0 Å². The minimum absolute atomic E-state index is 0.252. The van der Waals surface area contributed by atoms with Gasteiger partial charge in [-0.2, -0.15) is 0 Å². The number of imidazole rings is 2. The number of aromatic amines is 1. The normalized spacial score (nSPS) is 12.6. The fourth-order valence-corrected chi connectivity index (χ4v) is 3.42. The number of aromatic nitrogens is 6. The van der Waals surface area contributed by atoms with E-state index in [1.807, 2.05) is 19.1 Å². The van der Waals surface area contributed by atoms with Crippen molar-refractivity contribution in [3.63, 3.8) is 0 Å². The molecule has 5 rings (SSSR count). The Bertz CT molecular complexity index is 1370. The van der Waals surface area contributed by atoms with Crippen LogP contribution >= 0.6 is 0 Å². The molecule has 1 N–H and O–H groups in total. The molecule has 4 heterocycles. The molecule has 8 heteroatoms. The third-order valence-electron chi connectivity index (χ3n) is 4.86. The molecule has 5 aromatic rings. The molecule has 4 aromatic heterocycles. The van der Waals surface area contributed by atoms with Crippen LogP contribution in [-0.4, -0.2) is 29.1 Å². The molecule has 0 amide bonds. The van der Waals surface area contributed by atoms with Gasteiger partial charge < -0.3 is 4.98 Å². The summed E-state index contributed by atoms with van der Waals surface area (Å²) in [4.78, 5) is 28.5. The van der Waals surface area contributed by atoms with Crippen molar-refractivity contribution in [2.24, 2.45) is 0 Å². The number of fused-ring (bicyclic) bond motifs is 2. The molecule has 138 valence electrons. The van der Waals surface area contributed by atoms with Gasteiger partial charge in [-0.3, -0.25) is 14.1 Å². The van der Waals surface area contributed by atoms with E-state index in [0.717, 1.165) is 5.56 Å². The molecule has 0 radical (unpaired) electrons. The van der Waals surface area contributed by atoms with Crippen LogP contribution in [0.3, 0.4) is 0 Å². The molecule has 1 atom stereocenters. The molecule has 0 bridgehead atoms. The summed E-state index contributed by atoms with van der Waals surface area (Å²) in [7, 11) is 0. The van der Waals surface area contributed by atoms with Gasteiger partial charge in [0.2, 0.25) is 0 Å². The van der Waals surface area contributed by atoms with Crippen LogP contribution in [0, 0.1) is 5.82 Å². The molecule has 0 aliphatic carbocycles. The lowest BCUT2D eigenvalue weighted by Crippen LogP contribution is -2.21. The standard InChI is InChI=1S/C20H15FN6O/c1-12(13-3-2-8-22-10-13)27-19-16(24-20(27)28)6-7-18(25-19)26-11-23-15-5-4-14(21)9-17(15)26/h2-12H,1H3,(H,24,28). The van der Waals surface area contributed by atoms with Crippen molar-refractivity contribution in [3.8, 4) is 5.82 Å². The number of hydrogen-bond donors (Lipinski definition) is 1. The first-order chi connectivity index (χ1) is 13.6. The second-order valence-electron chi connectivity index (χ2n) is 6.55. The molecule has 0 saturated heterocycles. The van der Waals surface area contributed by atoms with E-state index in [1.165, 1.54) is 12.1 Å². The summed E-state index contributed by atoms with van der Waals surface area (Å²) in [6.45, 7) is 1.92. The van der Waals surface area contributed by atoms with E-state index in [4.69, 9.17) is 0 Å². The molecule has 7 nitrogen and oxygen atoms in total. The highest BCUT2D eigenvalue weighted by Crippen LogP contribution is 2.22. The maximum absolute atomic E-state index is 13.7. The topological polar surface area (TPSA) is 81.4 Å². The molecule has 1 unspecified atom stereocenters. The number of nitrogens with one attached hydrogen (secondary N) is 1. The van der Waals surface area contributed by atoms with Gasteiger partial charge in [0, 0.05) is 18.5 Å². The number of benzene rings is 1. The van der Waals surface area contributed by atoms with Crippen molar-refractivity contribution in [2.45, 2.75) is 13.0 Å². The monoisotopic (exact) mass is 374 g/mol. The summed E-state index contributed by atoms with van der Waals surface area (Å²) in [6.07, 6.45) is 5.01. The number of halogens is 1. The van der Waals surface area contributed by atoms with Gasteiger partial charge in [0.25, 0.3) is 0 Å². The number of hydrogen-bond acceptors (Lipinski definition) is 4. The fraction of sp³-hybridized carbons (Fsp3) is 0.100. The van der Waals surface area contributed by atoms with Crippen molar-refractivity contribution in [3.05, 3.63) is 83.1 Å². The summed E-state index contributed by atoms with van der Waals surface area (Å²) in [5, 5.41) is 0. The van der Waals surface area contributed by atoms with Crippen molar-refractivity contribution < 1.29 is 4.39 Å². The van der Waals surface area contributed by atoms with Crippen LogP contribution in [0.4, 0.5) is 4.39 Å². The Hall–Kier alpha value is -3.81. The molecule has 28 heavy (non-hydrogen) atoms. The maximum atomic E-state index is 13.7. The summed E-state index contributed by atoms with van der Waals surface area (Å²) in [5.41, 5.74) is 3.05. The third kappa shape index (κ3) is 2.50. The largest absolute Gasteiger partial charge is 0.328 e. The number of H-pyrrole nitrogens is 1. The molecule has 0 spiro atoms. The fourth-order valence-electron chi connectivity index (χ4n) is 3.42. The lowest BCUT2D eigenvalue weighted by atomic mass is 10.1. The van der Waals surface area contributed by atoms with Crippen LogP contribution in [0.2, 0.25) is 0 Å². The Morgan fingerprint density at radius 1 is 1.18 bits per heavy atom. The average molecular weight is 374 g/mol. The zero-order valence-electron chi connectivity index (χ0n) is 14.9. The minimum atomic E-state index is -0.348. The van der Waals surface area contributed by atoms with Gasteiger partial charge in [0.15, 0.2) is 5.65 Å². The van der Waals surface area contributed by atoms with Crippen LogP contribution in [0.25, 0.3) is 28.0 Å². The highest BCUT2D eigenvalue weighted by atomic mass is 19.1. The van der Waals surface area contributed by atoms with Gasteiger partial charge in [0.05, 0.1) is 22.6 Å². The van der Waals surface area contributed by atoms with E-state index >= 15 is 0 Å². The second-order valence-corrected chi connectivity index (χ2v) is 6.55. The van der Waals surface area contributed by atoms with E-state index in [2.05, 4.69) is 19.9 Å². The minimum Gasteiger partial charge on any atom is -0.304 e. The Morgan fingerprint density at radius 3 is 2.89 bits per heavy atom. The maximum Gasteiger partial charge on any atom is 0.328 e. The zero-order valence-corrected chi connectivity index (χ0v) is 14.9. The van der Waals surface area contributed by atoms with Crippen LogP contribution in [-0.2, 0) is 0 Å². The van der Waals surface area contributed by atoms with Crippen LogP contribution in [0.1, 0.15) is 18.5 Å². The average Bonchev–Trinajstić information content (AvgIpc) is 3.27. The molecule has 1 aromatic carbocycles. The number of nitrogens with zero attached hydrogens (tertiary/aromatic N) is 5. The Labute approximate surface area is 158 Å². The van der Waals surface area contributed by atoms with Crippen LogP contribution in [0.5, 0.6) is 0 Å². The van der Waals surface area contributed by atoms with Crippen LogP contribution < -0.4 is 5.69 Å². The predicted octanol–water partition coefficient (Wildman–Crippen LogP) is 3.21. The zero-order chi connectivity index (χ0) is 19.3. The first-order valence-corrected chi connectivity index (χ1v) is 8.76. The number of rotatable bonds is 3. The summed E-state index contributed by atoms with van der Waals surface area (Å²) in [6, 6.07) is 11.5. The van der Waals surface area contributed by atoms with Crippen molar-refractivity contribution in [1.82, 2.24) is 29.1 Å². The van der Waals surface area contributed by atoms with E-state index in [-0.39, 0.29) is 17.5 Å². The molecule has 0 aliphatic heterocycles. The van der Waals surface area contributed by atoms with Gasteiger partial charge in [0.1, 0.15) is 18.0 Å². The van der Waals surface area contributed by atoms with Gasteiger partial charge in [-0.15, -0.1) is 0 Å². The van der Waals surface area contributed by atoms with Gasteiger partial charge in [-0.25, -0.2) is 19.2 Å². The molecular formula is C20H15FN6O. The summed E-state index contributed by atoms with van der Waals surface area (Å²) < 4.78 is 17.0. The summed E-state index contributed by atoms with van der Waals surface area (Å²) >= 11 is 0. The lowest BCUT2D eigenvalue weighted by Gasteiger charge is -2.13. The third-order valence-corrected chi connectivity index (χ3v) is 4.86. The first-order valence-electron chi connectivity index (χ1n) is 8.76. The molecule has 0 saturated carbocycles. The Balaban J connectivity index is 1.71. The SMILES string of the molecule is CC(c1cccnc1)n1c(=O)[nH]c2ccc(-n3cnc4ccc(F)cc43)nc21. The smallest absolute Gasteiger partial charge is 0.304 e. The Morgan fingerprint density at radius 2 is 2.07 bits per heavy atom. The Kier molecular flexibility index (Phi) is 3.58. The summed E-state index contributed by atoms with van der Waals surface area (Å²) in [5.74, 6) is 0.200. The van der Waals surface area contributed by atoms with E-state index in [1.54, 1.807) is 46.1 Å². The van der Waals surface area contributed by atoms with E-state index < -0.39 is 0 Å². The lowest BCUT2D eigenvalue weighted by molar-refractivity contribution is 0.627. The van der Waals surface area contributed by atoms with E-state index in [9.17, 15) is 9.18 Å². The molecule has 0 aliphatic rings. The van der Waals surface area contributed by atoms with Gasteiger partial charge in [-0.05, 0) is 42.8 Å². The molecule has 0 fully saturated rings. The van der Waals surface area contributed by atoms with Crippen molar-refractivity contribution in [2.75, 3.05) is 0 Å².